The van der Waals surface area contributed by atoms with Crippen molar-refractivity contribution < 1.29 is 22.7 Å². The number of hydrogen-bond acceptors (Lipinski definition) is 5. The first-order valence-corrected chi connectivity index (χ1v) is 9.14. The molecule has 7 nitrogen and oxygen atoms in total. The van der Waals surface area contributed by atoms with E-state index in [1.165, 1.54) is 19.2 Å². The van der Waals surface area contributed by atoms with Crippen LogP contribution in [0.1, 0.15) is 5.56 Å². The highest BCUT2D eigenvalue weighted by Crippen LogP contribution is 2.35. The lowest BCUT2D eigenvalue weighted by molar-refractivity contribution is -0.118. The molecule has 0 saturated carbocycles. The molecule has 132 valence electrons. The van der Waals surface area contributed by atoms with Gasteiger partial charge in [0.2, 0.25) is 10.0 Å². The Labute approximate surface area is 149 Å². The van der Waals surface area contributed by atoms with Crippen LogP contribution >= 0.6 is 11.6 Å². The molecule has 0 fully saturated rings. The molecule has 0 saturated heterocycles. The predicted molar refractivity (Wildman–Crippen MR) is 92.6 cm³/mol. The van der Waals surface area contributed by atoms with Gasteiger partial charge in [-0.3, -0.25) is 4.79 Å². The summed E-state index contributed by atoms with van der Waals surface area (Å²) in [6, 6.07) is 9.73. The Morgan fingerprint density at radius 1 is 1.32 bits per heavy atom. The summed E-state index contributed by atoms with van der Waals surface area (Å²) in [6.07, 6.45) is 0. The summed E-state index contributed by atoms with van der Waals surface area (Å²) >= 11 is 6.08. The van der Waals surface area contributed by atoms with Gasteiger partial charge in [-0.25, -0.2) is 13.1 Å². The summed E-state index contributed by atoms with van der Waals surface area (Å²) < 4.78 is 38.1. The molecule has 9 heteroatoms. The van der Waals surface area contributed by atoms with Crippen LogP contribution in [0.15, 0.2) is 41.3 Å². The van der Waals surface area contributed by atoms with E-state index in [9.17, 15) is 13.2 Å². The molecule has 1 aliphatic heterocycles. The first-order valence-electron chi connectivity index (χ1n) is 7.28. The number of benzene rings is 2. The van der Waals surface area contributed by atoms with Gasteiger partial charge in [0.15, 0.2) is 6.61 Å². The third kappa shape index (κ3) is 3.71. The van der Waals surface area contributed by atoms with Gasteiger partial charge < -0.3 is 14.8 Å². The smallest absolute Gasteiger partial charge is 0.262 e. The topological polar surface area (TPSA) is 93.7 Å². The molecule has 0 atom stereocenters. The standard InChI is InChI=1S/C16H15ClN2O5S/c1-23-13-5-3-2-4-10(13)8-18-25(21,22)15-7-14-12(6-11(15)17)19-16(20)9-24-14/h2-7,18H,8-9H2,1H3,(H,19,20). The van der Waals surface area contributed by atoms with E-state index in [0.717, 1.165) is 0 Å². The number of ether oxygens (including phenoxy) is 2. The van der Waals surface area contributed by atoms with E-state index in [4.69, 9.17) is 21.1 Å². The molecule has 0 spiro atoms. The lowest BCUT2D eigenvalue weighted by Gasteiger charge is -2.19. The quantitative estimate of drug-likeness (QED) is 0.826. The molecule has 1 aliphatic rings. The number of nitrogens with one attached hydrogen (secondary N) is 2. The van der Waals surface area contributed by atoms with Crippen LogP contribution in [0, 0.1) is 0 Å². The van der Waals surface area contributed by atoms with E-state index in [0.29, 0.717) is 17.0 Å². The summed E-state index contributed by atoms with van der Waals surface area (Å²) in [5.74, 6) is 0.503. The fourth-order valence-electron chi connectivity index (χ4n) is 2.39. The molecule has 1 heterocycles. The number of fused-ring (bicyclic) bond motifs is 1. The summed E-state index contributed by atoms with van der Waals surface area (Å²) in [7, 11) is -2.38. The largest absolute Gasteiger partial charge is 0.496 e. The zero-order chi connectivity index (χ0) is 18.0. The molecule has 0 unspecified atom stereocenters. The molecule has 25 heavy (non-hydrogen) atoms. The van der Waals surface area contributed by atoms with Gasteiger partial charge in [-0.2, -0.15) is 0 Å². The van der Waals surface area contributed by atoms with Gasteiger partial charge in [-0.05, 0) is 12.1 Å². The van der Waals surface area contributed by atoms with Gasteiger partial charge in [-0.15, -0.1) is 0 Å². The second kappa shape index (κ2) is 6.91. The van der Waals surface area contributed by atoms with E-state index in [-0.39, 0.29) is 34.7 Å². The van der Waals surface area contributed by atoms with E-state index in [2.05, 4.69) is 10.0 Å². The number of carbonyl (C=O) groups excluding carboxylic acids is 1. The first-order chi connectivity index (χ1) is 11.9. The molecule has 0 radical (unpaired) electrons. The van der Waals surface area contributed by atoms with Crippen molar-refractivity contribution in [3.8, 4) is 11.5 Å². The van der Waals surface area contributed by atoms with Crippen LogP contribution in [0.5, 0.6) is 11.5 Å². The van der Waals surface area contributed by atoms with Crippen molar-refractivity contribution in [3.05, 3.63) is 47.0 Å². The number of hydrogen-bond donors (Lipinski definition) is 2. The van der Waals surface area contributed by atoms with Crippen LogP contribution in [0.2, 0.25) is 5.02 Å². The normalized spacial score (nSPS) is 13.6. The monoisotopic (exact) mass is 382 g/mol. The SMILES string of the molecule is COc1ccccc1CNS(=O)(=O)c1cc2c(cc1Cl)NC(=O)CO2. The summed E-state index contributed by atoms with van der Waals surface area (Å²) in [5.41, 5.74) is 1.02. The van der Waals surface area contributed by atoms with Crippen LogP contribution in [-0.4, -0.2) is 28.0 Å². The van der Waals surface area contributed by atoms with Crippen LogP contribution in [0.4, 0.5) is 5.69 Å². The van der Waals surface area contributed by atoms with E-state index in [1.807, 2.05) is 0 Å². The van der Waals surface area contributed by atoms with Crippen molar-refractivity contribution in [2.75, 3.05) is 19.0 Å². The summed E-state index contributed by atoms with van der Waals surface area (Å²) in [4.78, 5) is 11.2. The van der Waals surface area contributed by atoms with Crippen molar-refractivity contribution in [2.45, 2.75) is 11.4 Å². The highest BCUT2D eigenvalue weighted by molar-refractivity contribution is 7.89. The number of anilines is 1. The minimum absolute atomic E-state index is 0.0166. The lowest BCUT2D eigenvalue weighted by Crippen LogP contribution is -2.27. The number of methoxy groups -OCH3 is 1. The van der Waals surface area contributed by atoms with Crippen molar-refractivity contribution in [3.63, 3.8) is 0 Å². The molecule has 2 aromatic carbocycles. The number of rotatable bonds is 5. The van der Waals surface area contributed by atoms with Crippen LogP contribution in [0.3, 0.4) is 0 Å². The van der Waals surface area contributed by atoms with Crippen molar-refractivity contribution in [2.24, 2.45) is 0 Å². The van der Waals surface area contributed by atoms with Crippen LogP contribution in [-0.2, 0) is 21.4 Å². The second-order valence-corrected chi connectivity index (χ2v) is 7.39. The Morgan fingerprint density at radius 3 is 2.84 bits per heavy atom. The van der Waals surface area contributed by atoms with Crippen molar-refractivity contribution in [1.82, 2.24) is 4.72 Å². The van der Waals surface area contributed by atoms with Gasteiger partial charge in [0, 0.05) is 18.2 Å². The highest BCUT2D eigenvalue weighted by Gasteiger charge is 2.24. The fourth-order valence-corrected chi connectivity index (χ4v) is 3.93. The molecule has 3 rings (SSSR count). The Kier molecular flexibility index (Phi) is 4.85. The maximum absolute atomic E-state index is 12.6. The zero-order valence-corrected chi connectivity index (χ0v) is 14.8. The van der Waals surface area contributed by atoms with Gasteiger partial charge in [0.25, 0.3) is 5.91 Å². The zero-order valence-electron chi connectivity index (χ0n) is 13.2. The van der Waals surface area contributed by atoms with Crippen LogP contribution in [0.25, 0.3) is 0 Å². The average Bonchev–Trinajstić information content (AvgIpc) is 2.59. The van der Waals surface area contributed by atoms with Crippen molar-refractivity contribution >= 4 is 33.2 Å². The van der Waals surface area contributed by atoms with Crippen LogP contribution < -0.4 is 19.5 Å². The minimum Gasteiger partial charge on any atom is -0.496 e. The second-order valence-electron chi connectivity index (χ2n) is 5.25. The maximum Gasteiger partial charge on any atom is 0.262 e. The molecule has 2 aromatic rings. The Morgan fingerprint density at radius 2 is 2.08 bits per heavy atom. The Balaban J connectivity index is 1.86. The molecule has 2 N–H and O–H groups in total. The number of para-hydroxylation sites is 1. The van der Waals surface area contributed by atoms with Gasteiger partial charge in [0.1, 0.15) is 16.4 Å². The third-order valence-electron chi connectivity index (χ3n) is 3.60. The van der Waals surface area contributed by atoms with Gasteiger partial charge in [-0.1, -0.05) is 29.8 Å². The average molecular weight is 383 g/mol. The van der Waals surface area contributed by atoms with E-state index in [1.54, 1.807) is 24.3 Å². The molecule has 0 aromatic heterocycles. The molecule has 0 bridgehead atoms. The molecule has 1 amide bonds. The maximum atomic E-state index is 12.6. The summed E-state index contributed by atoms with van der Waals surface area (Å²) in [5, 5.41) is 2.56. The number of amides is 1. The van der Waals surface area contributed by atoms with E-state index >= 15 is 0 Å². The number of halogens is 1. The Bertz CT molecular complexity index is 930. The van der Waals surface area contributed by atoms with Crippen molar-refractivity contribution in [1.29, 1.82) is 0 Å². The molecule has 0 aliphatic carbocycles. The summed E-state index contributed by atoms with van der Waals surface area (Å²) in [6.45, 7) is -0.139. The Hall–Kier alpha value is -2.29. The van der Waals surface area contributed by atoms with Gasteiger partial charge in [0.05, 0.1) is 17.8 Å². The lowest BCUT2D eigenvalue weighted by atomic mass is 10.2. The number of carbonyl (C=O) groups is 1. The highest BCUT2D eigenvalue weighted by atomic mass is 35.5. The minimum atomic E-state index is -3.89. The third-order valence-corrected chi connectivity index (χ3v) is 5.47. The fraction of sp³-hybridized carbons (Fsp3) is 0.188. The first kappa shape index (κ1) is 17.5. The predicted octanol–water partition coefficient (Wildman–Crippen LogP) is 2.16. The molecular weight excluding hydrogens is 368 g/mol. The number of sulfonamides is 1. The molecular formula is C16H15ClN2O5S. The van der Waals surface area contributed by atoms with E-state index < -0.39 is 10.0 Å². The van der Waals surface area contributed by atoms with Gasteiger partial charge >= 0.3 is 0 Å².